The molecule has 3 heterocycles. The van der Waals surface area contributed by atoms with Gasteiger partial charge in [0.25, 0.3) is 0 Å². The second-order valence-electron chi connectivity index (χ2n) is 4.20. The van der Waals surface area contributed by atoms with E-state index in [0.717, 1.165) is 0 Å². The first-order valence-electron chi connectivity index (χ1n) is 5.63. The molecule has 0 aromatic carbocycles. The van der Waals surface area contributed by atoms with Crippen molar-refractivity contribution in [2.75, 3.05) is 6.61 Å². The molecule has 3 fully saturated rings. The van der Waals surface area contributed by atoms with Crippen molar-refractivity contribution in [2.24, 2.45) is 0 Å². The third kappa shape index (κ3) is 2.46. The largest absolute Gasteiger partial charge is 1.00 e. The van der Waals surface area contributed by atoms with Crippen LogP contribution < -0.4 is 34.7 Å². The summed E-state index contributed by atoms with van der Waals surface area (Å²) in [6.45, 7) is 2.34. The summed E-state index contributed by atoms with van der Waals surface area (Å²) in [5, 5.41) is 10.6. The minimum absolute atomic E-state index is 0. The number of hydrogen-bond donors (Lipinski definition) is 0. The fourth-order valence-corrected chi connectivity index (χ4v) is 2.28. The molecule has 3 aliphatic heterocycles. The van der Waals surface area contributed by atoms with Gasteiger partial charge in [-0.3, -0.25) is 0 Å². The normalized spacial score (nSPS) is 46.1. The maximum atomic E-state index is 10.6. The van der Waals surface area contributed by atoms with Gasteiger partial charge in [-0.25, -0.2) is 0 Å². The first-order valence-corrected chi connectivity index (χ1v) is 5.63. The van der Waals surface area contributed by atoms with Crippen molar-refractivity contribution >= 4 is 5.97 Å². The molecule has 0 saturated carbocycles. The molecule has 18 heavy (non-hydrogen) atoms. The van der Waals surface area contributed by atoms with Gasteiger partial charge in [0, 0.05) is 0 Å². The number of carbonyl (C=O) groups is 1. The van der Waals surface area contributed by atoms with Crippen molar-refractivity contribution in [1.29, 1.82) is 0 Å². The molecule has 6 unspecified atom stereocenters. The number of hydrogen-bond acceptors (Lipinski definition) is 7. The Balaban J connectivity index is 0.00000120. The minimum atomic E-state index is -1.40. The molecule has 8 heteroatoms. The van der Waals surface area contributed by atoms with Gasteiger partial charge in [0.05, 0.1) is 12.6 Å². The van der Waals surface area contributed by atoms with E-state index in [-0.39, 0.29) is 48.1 Å². The van der Waals surface area contributed by atoms with Crippen LogP contribution in [0.2, 0.25) is 0 Å². The van der Waals surface area contributed by atoms with Gasteiger partial charge in [-0.1, -0.05) is 6.92 Å². The van der Waals surface area contributed by atoms with E-state index in [1.807, 2.05) is 6.92 Å². The Bertz CT molecular complexity index is 325. The number of carbonyl (C=O) groups excluding carboxylic acids is 1. The summed E-state index contributed by atoms with van der Waals surface area (Å²) in [6.07, 6.45) is -2.82. The molecule has 0 aliphatic carbocycles. The monoisotopic (exact) mass is 268 g/mol. The molecule has 96 valence electrons. The van der Waals surface area contributed by atoms with Crippen molar-refractivity contribution in [2.45, 2.75) is 50.5 Å². The van der Waals surface area contributed by atoms with E-state index in [2.05, 4.69) is 0 Å². The third-order valence-electron chi connectivity index (χ3n) is 3.09. The first-order chi connectivity index (χ1) is 8.19. The molecule has 0 bridgehead atoms. The second-order valence-corrected chi connectivity index (χ2v) is 4.20. The van der Waals surface area contributed by atoms with Crippen molar-refractivity contribution in [3.8, 4) is 0 Å². The molecule has 6 atom stereocenters. The summed E-state index contributed by atoms with van der Waals surface area (Å²) in [6, 6.07) is 0. The number of ether oxygens (including phenoxy) is 5. The average molecular weight is 268 g/mol. The molecule has 0 amide bonds. The van der Waals surface area contributed by atoms with Crippen LogP contribution in [0.15, 0.2) is 0 Å². The quantitative estimate of drug-likeness (QED) is 0.465. The smallest absolute Gasteiger partial charge is 0.545 e. The predicted molar refractivity (Wildman–Crippen MR) is 48.3 cm³/mol. The first kappa shape index (κ1) is 14.7. The van der Waals surface area contributed by atoms with E-state index in [9.17, 15) is 9.90 Å². The van der Waals surface area contributed by atoms with Gasteiger partial charge in [0.1, 0.15) is 18.3 Å². The van der Waals surface area contributed by atoms with E-state index < -0.39 is 24.7 Å². The van der Waals surface area contributed by atoms with Gasteiger partial charge < -0.3 is 33.6 Å². The number of carboxylic acid groups (broad SMARTS) is 1. The fourth-order valence-electron chi connectivity index (χ4n) is 2.28. The zero-order valence-electron chi connectivity index (χ0n) is 10.2. The molecule has 3 aliphatic rings. The van der Waals surface area contributed by atoms with Crippen molar-refractivity contribution in [1.82, 2.24) is 0 Å². The van der Waals surface area contributed by atoms with Gasteiger partial charge in [0.15, 0.2) is 12.6 Å². The molecule has 0 aromatic heterocycles. The second kappa shape index (κ2) is 5.72. The molecule has 3 rings (SSSR count). The van der Waals surface area contributed by atoms with Crippen molar-refractivity contribution in [3.63, 3.8) is 0 Å². The van der Waals surface area contributed by atoms with E-state index in [4.69, 9.17) is 23.7 Å². The van der Waals surface area contributed by atoms with E-state index in [0.29, 0.717) is 13.0 Å². The summed E-state index contributed by atoms with van der Waals surface area (Å²) in [7, 11) is 0. The van der Waals surface area contributed by atoms with Crippen LogP contribution in [0.1, 0.15) is 13.3 Å². The van der Waals surface area contributed by atoms with Gasteiger partial charge in [-0.15, -0.1) is 0 Å². The Morgan fingerprint density at radius 2 is 2.00 bits per heavy atom. The molecule has 7 nitrogen and oxygen atoms in total. The summed E-state index contributed by atoms with van der Waals surface area (Å²) >= 11 is 0. The molecular formula is C10H13NaO7. The Hall–Kier alpha value is 0.270. The van der Waals surface area contributed by atoms with Gasteiger partial charge in [-0.05, 0) is 6.42 Å². The van der Waals surface area contributed by atoms with Gasteiger partial charge >= 0.3 is 29.6 Å². The number of fused-ring (bicyclic) bond motifs is 3. The van der Waals surface area contributed by atoms with E-state index in [1.54, 1.807) is 0 Å². The number of rotatable bonds is 2. The number of aliphatic carboxylic acids is 1. The van der Waals surface area contributed by atoms with Crippen LogP contribution in [-0.4, -0.2) is 49.8 Å². The van der Waals surface area contributed by atoms with Crippen LogP contribution >= 0.6 is 0 Å². The molecule has 3 saturated heterocycles. The average Bonchev–Trinajstić information content (AvgIpc) is 2.85. The van der Waals surface area contributed by atoms with Crippen LogP contribution in [0.3, 0.4) is 0 Å². The van der Waals surface area contributed by atoms with Crippen LogP contribution in [0.5, 0.6) is 0 Å². The van der Waals surface area contributed by atoms with Crippen LogP contribution in [0.25, 0.3) is 0 Å². The van der Waals surface area contributed by atoms with Gasteiger partial charge in [0.2, 0.25) is 6.29 Å². The molecule has 0 aromatic rings. The van der Waals surface area contributed by atoms with Crippen molar-refractivity contribution in [3.05, 3.63) is 0 Å². The zero-order chi connectivity index (χ0) is 12.0. The molecular weight excluding hydrogens is 255 g/mol. The van der Waals surface area contributed by atoms with Crippen molar-refractivity contribution < 1.29 is 63.1 Å². The number of carboxylic acids is 1. The molecule has 0 spiro atoms. The summed E-state index contributed by atoms with van der Waals surface area (Å²) in [4.78, 5) is 10.6. The summed E-state index contributed by atoms with van der Waals surface area (Å²) in [5.74, 6) is -1.40. The summed E-state index contributed by atoms with van der Waals surface area (Å²) < 4.78 is 26.8. The Morgan fingerprint density at radius 1 is 1.22 bits per heavy atom. The topological polar surface area (TPSA) is 86.3 Å². The van der Waals surface area contributed by atoms with Crippen LogP contribution in [0.4, 0.5) is 0 Å². The fraction of sp³-hybridized carbons (Fsp3) is 0.900. The molecule has 0 N–H and O–H groups in total. The van der Waals surface area contributed by atoms with E-state index in [1.165, 1.54) is 0 Å². The maximum absolute atomic E-state index is 10.6. The standard InChI is InChI=1S/C10H14O7.Na/c1-2-5-13-3-4-6(15-5)7-9(14-4)17-10(16-7)8(11)12;/h4-7,9-10H,2-3H2,1H3,(H,11,12);/q;+1/p-1. The van der Waals surface area contributed by atoms with Crippen LogP contribution in [0, 0.1) is 0 Å². The Morgan fingerprint density at radius 3 is 2.67 bits per heavy atom. The van der Waals surface area contributed by atoms with Crippen LogP contribution in [-0.2, 0) is 28.5 Å². The Labute approximate surface area is 126 Å². The minimum Gasteiger partial charge on any atom is -0.545 e. The maximum Gasteiger partial charge on any atom is 1.00 e. The zero-order valence-corrected chi connectivity index (χ0v) is 12.2. The predicted octanol–water partition coefficient (Wildman–Crippen LogP) is -4.64. The third-order valence-corrected chi connectivity index (χ3v) is 3.09. The van der Waals surface area contributed by atoms with E-state index >= 15 is 0 Å². The summed E-state index contributed by atoms with van der Waals surface area (Å²) in [5.41, 5.74) is 0. The SMILES string of the molecule is CCC1OCC2OC3OC(C(=O)[O-])OC3C2O1.[Na+]. The Kier molecular flexibility index (Phi) is 4.66. The van der Waals surface area contributed by atoms with Gasteiger partial charge in [-0.2, -0.15) is 0 Å². The molecule has 0 radical (unpaired) electrons.